The van der Waals surface area contributed by atoms with Gasteiger partial charge in [0.1, 0.15) is 0 Å². The van der Waals surface area contributed by atoms with E-state index in [-0.39, 0.29) is 5.92 Å². The summed E-state index contributed by atoms with van der Waals surface area (Å²) in [6.07, 6.45) is 2.08. The van der Waals surface area contributed by atoms with Crippen LogP contribution in [-0.2, 0) is 4.79 Å². The molecule has 0 N–H and O–H groups in total. The monoisotopic (exact) mass is 195 g/mol. The maximum absolute atomic E-state index is 11.0. The Morgan fingerprint density at radius 1 is 0.733 bits per heavy atom. The van der Waals surface area contributed by atoms with E-state index in [4.69, 9.17) is 0 Å². The van der Waals surface area contributed by atoms with Crippen molar-refractivity contribution in [2.45, 2.75) is 5.92 Å². The fourth-order valence-electron chi connectivity index (χ4n) is 1.62. The Bertz CT molecular complexity index is 380. The van der Waals surface area contributed by atoms with Crippen LogP contribution in [0.2, 0.25) is 0 Å². The summed E-state index contributed by atoms with van der Waals surface area (Å²) in [5.41, 5.74) is 1.97. The van der Waals surface area contributed by atoms with Crippen molar-refractivity contribution in [3.63, 3.8) is 0 Å². The Morgan fingerprint density at radius 3 is 1.47 bits per heavy atom. The third kappa shape index (κ3) is 2.13. The van der Waals surface area contributed by atoms with Crippen LogP contribution in [0.5, 0.6) is 0 Å². The zero-order valence-corrected chi connectivity index (χ0v) is 8.26. The molecule has 0 amide bonds. The molecule has 1 heteroatoms. The van der Waals surface area contributed by atoms with Crippen LogP contribution in [0.25, 0.3) is 0 Å². The molecule has 0 fully saturated rings. The van der Waals surface area contributed by atoms with Gasteiger partial charge in [-0.3, -0.25) is 4.79 Å². The van der Waals surface area contributed by atoms with Gasteiger partial charge in [0.25, 0.3) is 0 Å². The molecule has 2 rings (SSSR count). The lowest BCUT2D eigenvalue weighted by Crippen LogP contribution is -2.01. The third-order valence-corrected chi connectivity index (χ3v) is 2.38. The van der Waals surface area contributed by atoms with Crippen molar-refractivity contribution in [2.75, 3.05) is 0 Å². The summed E-state index contributed by atoms with van der Waals surface area (Å²) in [5.74, 6) is -0.271. The van der Waals surface area contributed by atoms with Gasteiger partial charge in [-0.1, -0.05) is 60.7 Å². The summed E-state index contributed by atoms with van der Waals surface area (Å²) in [6.45, 7) is 0. The van der Waals surface area contributed by atoms with Gasteiger partial charge in [-0.25, -0.2) is 0 Å². The van der Waals surface area contributed by atoms with E-state index in [0.717, 1.165) is 11.1 Å². The number of carbonyl (C=O) groups excluding carboxylic acids is 1. The molecule has 0 unspecified atom stereocenters. The highest BCUT2D eigenvalue weighted by molar-refractivity contribution is 5.68. The molecule has 0 aliphatic rings. The summed E-state index contributed by atoms with van der Waals surface area (Å²) in [5, 5.41) is 0. The van der Waals surface area contributed by atoms with Crippen molar-refractivity contribution in [3.8, 4) is 0 Å². The lowest BCUT2D eigenvalue weighted by molar-refractivity contribution is 0.549. The van der Waals surface area contributed by atoms with Crippen molar-refractivity contribution in [2.24, 2.45) is 0 Å². The van der Waals surface area contributed by atoms with Gasteiger partial charge < -0.3 is 0 Å². The molecule has 2 aromatic carbocycles. The average Bonchev–Trinajstić information content (AvgIpc) is 2.33. The average molecular weight is 195 g/mol. The molecule has 0 heterocycles. The Hall–Kier alpha value is -1.89. The first-order valence-electron chi connectivity index (χ1n) is 4.89. The van der Waals surface area contributed by atoms with Crippen molar-refractivity contribution in [1.82, 2.24) is 0 Å². The fraction of sp³-hybridized carbons (Fsp3) is 0.0714. The van der Waals surface area contributed by atoms with Gasteiger partial charge in [0.05, 0.1) is 5.92 Å². The van der Waals surface area contributed by atoms with Crippen molar-refractivity contribution < 1.29 is 4.79 Å². The van der Waals surface area contributed by atoms with E-state index in [1.807, 2.05) is 60.7 Å². The molecule has 1 nitrogen and oxygen atoms in total. The number of hydrogen-bond donors (Lipinski definition) is 0. The minimum absolute atomic E-state index is 0.271. The van der Waals surface area contributed by atoms with E-state index in [1.165, 1.54) is 0 Å². The zero-order valence-electron chi connectivity index (χ0n) is 8.26. The second-order valence-corrected chi connectivity index (χ2v) is 3.37. The van der Waals surface area contributed by atoms with Gasteiger partial charge in [0.15, 0.2) is 0 Å². The molecule has 0 saturated carbocycles. The first kappa shape index (κ1) is 9.66. The Balaban J connectivity index is 2.38. The molecule has 0 aromatic heterocycles. The van der Waals surface area contributed by atoms with Crippen LogP contribution in [0.1, 0.15) is 17.0 Å². The highest BCUT2D eigenvalue weighted by atomic mass is 16.1. The minimum Gasteiger partial charge on any atom is -0.290 e. The summed E-state index contributed by atoms with van der Waals surface area (Å²) in [6, 6.07) is 19.4. The molecule has 0 aliphatic heterocycles. The molecule has 0 aliphatic carbocycles. The first-order valence-corrected chi connectivity index (χ1v) is 4.89. The molecular formula is C14H11O. The van der Waals surface area contributed by atoms with Crippen LogP contribution >= 0.6 is 0 Å². The van der Waals surface area contributed by atoms with Crippen LogP contribution in [0.3, 0.4) is 0 Å². The maximum Gasteiger partial charge on any atom is 0.211 e. The standard InChI is InChI=1S/C14H11O/c15-11-14(12-7-3-1-4-8-12)13-9-5-2-6-10-13/h1-10,14H. The van der Waals surface area contributed by atoms with Crippen LogP contribution in [0, 0.1) is 0 Å². The zero-order chi connectivity index (χ0) is 10.5. The fourth-order valence-corrected chi connectivity index (χ4v) is 1.62. The van der Waals surface area contributed by atoms with E-state index >= 15 is 0 Å². The number of benzene rings is 2. The molecule has 1 radical (unpaired) electrons. The van der Waals surface area contributed by atoms with E-state index in [9.17, 15) is 4.79 Å². The van der Waals surface area contributed by atoms with Crippen LogP contribution in [0.15, 0.2) is 60.7 Å². The SMILES string of the molecule is O=[C]C(c1ccccc1)c1ccccc1. The largest absolute Gasteiger partial charge is 0.290 e. The van der Waals surface area contributed by atoms with Gasteiger partial charge in [-0.2, -0.15) is 0 Å². The van der Waals surface area contributed by atoms with E-state index in [1.54, 1.807) is 0 Å². The molecular weight excluding hydrogens is 184 g/mol. The lowest BCUT2D eigenvalue weighted by atomic mass is 9.93. The topological polar surface area (TPSA) is 17.1 Å². The highest BCUT2D eigenvalue weighted by Crippen LogP contribution is 2.21. The van der Waals surface area contributed by atoms with Crippen molar-refractivity contribution in [3.05, 3.63) is 71.8 Å². The molecule has 0 atom stereocenters. The van der Waals surface area contributed by atoms with Crippen LogP contribution in [0.4, 0.5) is 0 Å². The van der Waals surface area contributed by atoms with E-state index < -0.39 is 0 Å². The van der Waals surface area contributed by atoms with Gasteiger partial charge >= 0.3 is 0 Å². The Morgan fingerprint density at radius 2 is 1.13 bits per heavy atom. The Labute approximate surface area is 89.4 Å². The summed E-state index contributed by atoms with van der Waals surface area (Å²) < 4.78 is 0. The second-order valence-electron chi connectivity index (χ2n) is 3.37. The van der Waals surface area contributed by atoms with Crippen molar-refractivity contribution >= 4 is 6.29 Å². The lowest BCUT2D eigenvalue weighted by Gasteiger charge is -2.09. The molecule has 73 valence electrons. The second kappa shape index (κ2) is 4.56. The van der Waals surface area contributed by atoms with Gasteiger partial charge in [-0.15, -0.1) is 0 Å². The molecule has 2 aromatic rings. The normalized spacial score (nSPS) is 10.2. The molecule has 0 bridgehead atoms. The van der Waals surface area contributed by atoms with Crippen molar-refractivity contribution in [1.29, 1.82) is 0 Å². The molecule has 15 heavy (non-hydrogen) atoms. The van der Waals surface area contributed by atoms with Gasteiger partial charge in [0, 0.05) is 0 Å². The quantitative estimate of drug-likeness (QED) is 0.736. The predicted octanol–water partition coefficient (Wildman–Crippen LogP) is 2.93. The first-order chi connectivity index (χ1) is 7.42. The summed E-state index contributed by atoms with van der Waals surface area (Å²) in [7, 11) is 0. The minimum atomic E-state index is -0.271. The molecule has 0 saturated heterocycles. The Kier molecular flexibility index (Phi) is 2.93. The highest BCUT2D eigenvalue weighted by Gasteiger charge is 2.12. The number of hydrogen-bond acceptors (Lipinski definition) is 1. The van der Waals surface area contributed by atoms with Crippen LogP contribution in [-0.4, -0.2) is 6.29 Å². The number of rotatable bonds is 3. The third-order valence-electron chi connectivity index (χ3n) is 2.38. The van der Waals surface area contributed by atoms with Gasteiger partial charge in [-0.05, 0) is 11.1 Å². The van der Waals surface area contributed by atoms with Crippen LogP contribution < -0.4 is 0 Å². The molecule has 0 spiro atoms. The van der Waals surface area contributed by atoms with E-state index in [2.05, 4.69) is 6.29 Å². The predicted molar refractivity (Wildman–Crippen MR) is 60.4 cm³/mol. The smallest absolute Gasteiger partial charge is 0.211 e. The van der Waals surface area contributed by atoms with E-state index in [0.29, 0.717) is 0 Å². The summed E-state index contributed by atoms with van der Waals surface area (Å²) in [4.78, 5) is 11.0. The maximum atomic E-state index is 11.0. The summed E-state index contributed by atoms with van der Waals surface area (Å²) >= 11 is 0. The van der Waals surface area contributed by atoms with Gasteiger partial charge in [0.2, 0.25) is 6.29 Å².